The molecule has 0 spiro atoms. The molecule has 0 aliphatic carbocycles. The Hall–Kier alpha value is -2.64. The van der Waals surface area contributed by atoms with Gasteiger partial charge in [0.25, 0.3) is 0 Å². The number of nitrogens with zero attached hydrogens (tertiary/aromatic N) is 4. The highest BCUT2D eigenvalue weighted by molar-refractivity contribution is 5.45. The lowest BCUT2D eigenvalue weighted by Gasteiger charge is -2.24. The third kappa shape index (κ3) is 5.92. The van der Waals surface area contributed by atoms with Crippen LogP contribution < -0.4 is 27.2 Å². The number of tetrazole rings is 1. The second kappa shape index (κ2) is 10.2. The minimum absolute atomic E-state index is 0. The van der Waals surface area contributed by atoms with Gasteiger partial charge < -0.3 is 27.2 Å². The average molecular weight is 417 g/mol. The lowest BCUT2D eigenvalue weighted by Crippen LogP contribution is -3.00. The maximum atomic E-state index is 5.99. The van der Waals surface area contributed by atoms with Crippen molar-refractivity contribution in [1.29, 1.82) is 0 Å². The van der Waals surface area contributed by atoms with Gasteiger partial charge in [-0.15, -0.1) is 0 Å². The van der Waals surface area contributed by atoms with Gasteiger partial charge in [-0.05, 0) is 67.4 Å². The number of rotatable bonds is 9. The van der Waals surface area contributed by atoms with Crippen LogP contribution in [0.25, 0.3) is 5.69 Å². The zero-order valence-corrected chi connectivity index (χ0v) is 18.0. The Kier molecular flexibility index (Phi) is 7.99. The summed E-state index contributed by atoms with van der Waals surface area (Å²) in [7, 11) is 0. The molecule has 0 atom stereocenters. The van der Waals surface area contributed by atoms with E-state index in [-0.39, 0.29) is 24.0 Å². The Labute approximate surface area is 177 Å². The summed E-state index contributed by atoms with van der Waals surface area (Å²) in [6.45, 7) is 9.80. The first-order chi connectivity index (χ1) is 13.5. The number of halogens is 1. The van der Waals surface area contributed by atoms with E-state index < -0.39 is 0 Å². The molecule has 0 bridgehead atoms. The van der Waals surface area contributed by atoms with Gasteiger partial charge in [0.15, 0.2) is 11.5 Å². The smallest absolute Gasteiger partial charge is 0.346 e. The van der Waals surface area contributed by atoms with Crippen LogP contribution in [0.15, 0.2) is 48.5 Å². The molecule has 1 aromatic heterocycles. The van der Waals surface area contributed by atoms with Crippen molar-refractivity contribution in [2.24, 2.45) is 0 Å². The summed E-state index contributed by atoms with van der Waals surface area (Å²) < 4.78 is 13.3. The van der Waals surface area contributed by atoms with Crippen LogP contribution in [-0.2, 0) is 6.54 Å². The topological polar surface area (TPSA) is 74.1 Å². The van der Waals surface area contributed by atoms with E-state index in [1.807, 2.05) is 55.5 Å². The number of ether oxygens (including phenoxy) is 2. The molecule has 3 aromatic rings. The fourth-order valence-electron chi connectivity index (χ4n) is 2.55. The van der Waals surface area contributed by atoms with Gasteiger partial charge in [-0.1, -0.05) is 36.3 Å². The lowest BCUT2D eigenvalue weighted by molar-refractivity contribution is -0.00000750. The van der Waals surface area contributed by atoms with Crippen LogP contribution in [-0.4, -0.2) is 32.4 Å². The fraction of sp³-hybridized carbons (Fsp3) is 0.381. The molecule has 7 nitrogen and oxygen atoms in total. The molecule has 0 aliphatic heterocycles. The summed E-state index contributed by atoms with van der Waals surface area (Å²) in [4.78, 5) is 0. The molecule has 0 radical (unpaired) electrons. The maximum Gasteiger partial charge on any atom is 0.346 e. The Morgan fingerprint density at radius 2 is 1.79 bits per heavy atom. The number of nitrogens with one attached hydrogen (secondary N) is 1. The Morgan fingerprint density at radius 3 is 2.48 bits per heavy atom. The largest absolute Gasteiger partial charge is 1.00 e. The molecule has 0 aliphatic rings. The van der Waals surface area contributed by atoms with Crippen molar-refractivity contribution in [2.75, 3.05) is 6.61 Å². The van der Waals surface area contributed by atoms with E-state index in [4.69, 9.17) is 9.47 Å². The molecule has 0 amide bonds. The quantitative estimate of drug-likeness (QED) is 0.563. The molecule has 1 N–H and O–H groups in total. The van der Waals surface area contributed by atoms with Crippen molar-refractivity contribution < 1.29 is 21.9 Å². The Balaban J connectivity index is 0.00000300. The SMILES string of the molecule is CCOc1cc(CNC(C)(C)CC)ccc1Oc1nnnn1-c1ccccc1.[Cl-]. The standard InChI is InChI=1S/C21H27N5O2.ClH/c1-5-21(3,4)22-15-16-12-13-18(19(14-16)27-6-2)28-20-23-24-25-26(20)17-10-8-7-9-11-17;/h7-14,22H,5-6,15H2,1-4H3;1H/p-1. The lowest BCUT2D eigenvalue weighted by atomic mass is 10.0. The van der Waals surface area contributed by atoms with Crippen molar-refractivity contribution in [3.63, 3.8) is 0 Å². The molecule has 1 heterocycles. The number of para-hydroxylation sites is 1. The molecular weight excluding hydrogens is 390 g/mol. The van der Waals surface area contributed by atoms with Gasteiger partial charge in [-0.2, -0.15) is 4.68 Å². The highest BCUT2D eigenvalue weighted by atomic mass is 35.5. The second-order valence-electron chi connectivity index (χ2n) is 7.12. The third-order valence-corrected chi connectivity index (χ3v) is 4.61. The first-order valence-corrected chi connectivity index (χ1v) is 9.55. The highest BCUT2D eigenvalue weighted by Crippen LogP contribution is 2.32. The van der Waals surface area contributed by atoms with Gasteiger partial charge in [-0.25, -0.2) is 0 Å². The van der Waals surface area contributed by atoms with E-state index in [0.29, 0.717) is 18.1 Å². The summed E-state index contributed by atoms with van der Waals surface area (Å²) in [5, 5.41) is 15.3. The molecule has 29 heavy (non-hydrogen) atoms. The van der Waals surface area contributed by atoms with Crippen LogP contribution in [0.4, 0.5) is 0 Å². The van der Waals surface area contributed by atoms with Gasteiger partial charge in [0, 0.05) is 12.1 Å². The summed E-state index contributed by atoms with van der Waals surface area (Å²) in [6.07, 6.45) is 1.05. The normalized spacial score (nSPS) is 11.0. The molecule has 3 rings (SSSR count). The Bertz CT molecular complexity index is 899. The van der Waals surface area contributed by atoms with Crippen molar-refractivity contribution in [1.82, 2.24) is 25.5 Å². The van der Waals surface area contributed by atoms with Gasteiger partial charge in [0.05, 0.1) is 12.3 Å². The van der Waals surface area contributed by atoms with Crippen LogP contribution in [0.2, 0.25) is 0 Å². The zero-order chi connectivity index (χ0) is 20.0. The van der Waals surface area contributed by atoms with E-state index in [0.717, 1.165) is 24.2 Å². The number of hydrogen-bond donors (Lipinski definition) is 1. The van der Waals surface area contributed by atoms with Crippen LogP contribution in [0.5, 0.6) is 17.5 Å². The van der Waals surface area contributed by atoms with E-state index in [1.165, 1.54) is 0 Å². The van der Waals surface area contributed by atoms with E-state index >= 15 is 0 Å². The fourth-order valence-corrected chi connectivity index (χ4v) is 2.55. The van der Waals surface area contributed by atoms with Crippen molar-refractivity contribution in [3.8, 4) is 23.2 Å². The van der Waals surface area contributed by atoms with Gasteiger partial charge in [0.1, 0.15) is 0 Å². The minimum Gasteiger partial charge on any atom is -1.00 e. The number of hydrogen-bond acceptors (Lipinski definition) is 6. The predicted octanol–water partition coefficient (Wildman–Crippen LogP) is 1.14. The summed E-state index contributed by atoms with van der Waals surface area (Å²) in [6, 6.07) is 15.8. The van der Waals surface area contributed by atoms with Gasteiger partial charge in [-0.3, -0.25) is 0 Å². The first kappa shape index (κ1) is 22.6. The summed E-state index contributed by atoms with van der Waals surface area (Å²) >= 11 is 0. The van der Waals surface area contributed by atoms with Crippen LogP contribution in [0, 0.1) is 0 Å². The van der Waals surface area contributed by atoms with Crippen LogP contribution in [0.1, 0.15) is 39.7 Å². The van der Waals surface area contributed by atoms with Crippen LogP contribution in [0.3, 0.4) is 0 Å². The zero-order valence-electron chi connectivity index (χ0n) is 17.2. The maximum absolute atomic E-state index is 5.99. The first-order valence-electron chi connectivity index (χ1n) is 9.55. The second-order valence-corrected chi connectivity index (χ2v) is 7.12. The molecular formula is C21H27ClN5O2-. The molecule has 0 saturated carbocycles. The van der Waals surface area contributed by atoms with E-state index in [2.05, 4.69) is 41.6 Å². The molecule has 156 valence electrons. The Morgan fingerprint density at radius 1 is 1.03 bits per heavy atom. The summed E-state index contributed by atoms with van der Waals surface area (Å²) in [5.41, 5.74) is 2.03. The number of aromatic nitrogens is 4. The van der Waals surface area contributed by atoms with Crippen molar-refractivity contribution in [3.05, 3.63) is 54.1 Å². The molecule has 0 fully saturated rings. The van der Waals surface area contributed by atoms with Crippen molar-refractivity contribution in [2.45, 2.75) is 46.2 Å². The monoisotopic (exact) mass is 416 g/mol. The minimum atomic E-state index is 0. The van der Waals surface area contributed by atoms with E-state index in [9.17, 15) is 0 Å². The highest BCUT2D eigenvalue weighted by Gasteiger charge is 2.16. The van der Waals surface area contributed by atoms with Gasteiger partial charge in [0.2, 0.25) is 0 Å². The third-order valence-electron chi connectivity index (χ3n) is 4.61. The average Bonchev–Trinajstić information content (AvgIpc) is 3.17. The van der Waals surface area contributed by atoms with Crippen LogP contribution >= 0.6 is 0 Å². The summed E-state index contributed by atoms with van der Waals surface area (Å²) in [5.74, 6) is 1.24. The number of benzene rings is 2. The van der Waals surface area contributed by atoms with Crippen molar-refractivity contribution >= 4 is 0 Å². The molecule has 0 unspecified atom stereocenters. The molecule has 0 saturated heterocycles. The molecule has 8 heteroatoms. The van der Waals surface area contributed by atoms with E-state index in [1.54, 1.807) is 4.68 Å². The van der Waals surface area contributed by atoms with Gasteiger partial charge >= 0.3 is 6.01 Å². The predicted molar refractivity (Wildman–Crippen MR) is 108 cm³/mol. The molecule has 2 aromatic carbocycles.